The quantitative estimate of drug-likeness (QED) is 0.690. The van der Waals surface area contributed by atoms with Crippen LogP contribution in [0.15, 0.2) is 59.5 Å². The smallest absolute Gasteiger partial charge is 0.313 e. The Bertz CT molecular complexity index is 975. The minimum Gasteiger partial charge on any atom is -0.348 e. The molecule has 0 saturated carbocycles. The molecule has 0 aromatic heterocycles. The van der Waals surface area contributed by atoms with Crippen molar-refractivity contribution in [3.63, 3.8) is 0 Å². The molecule has 1 fully saturated rings. The molecule has 3 rings (SSSR count). The maximum absolute atomic E-state index is 13.1. The van der Waals surface area contributed by atoms with Gasteiger partial charge in [0.25, 0.3) is 0 Å². The first kappa shape index (κ1) is 22.0. The molecular formula is C22H27N3O4S. The molecular weight excluding hydrogens is 402 g/mol. The third-order valence-electron chi connectivity index (χ3n) is 5.20. The van der Waals surface area contributed by atoms with Crippen LogP contribution in [-0.4, -0.2) is 43.7 Å². The highest BCUT2D eigenvalue weighted by atomic mass is 32.2. The summed E-state index contributed by atoms with van der Waals surface area (Å²) in [6.07, 6.45) is 2.94. The monoisotopic (exact) mass is 429 g/mol. The molecule has 30 heavy (non-hydrogen) atoms. The summed E-state index contributed by atoms with van der Waals surface area (Å²) < 4.78 is 27.7. The number of nitrogens with zero attached hydrogens (tertiary/aromatic N) is 1. The van der Waals surface area contributed by atoms with Crippen LogP contribution >= 0.6 is 0 Å². The van der Waals surface area contributed by atoms with E-state index in [-0.39, 0.29) is 17.5 Å². The summed E-state index contributed by atoms with van der Waals surface area (Å²) >= 11 is 0. The molecule has 160 valence electrons. The first-order valence-electron chi connectivity index (χ1n) is 10.1. The molecule has 0 radical (unpaired) electrons. The first-order valence-corrected chi connectivity index (χ1v) is 11.5. The van der Waals surface area contributed by atoms with Gasteiger partial charge in [-0.15, -0.1) is 0 Å². The van der Waals surface area contributed by atoms with Crippen LogP contribution in [0.1, 0.15) is 31.2 Å². The summed E-state index contributed by atoms with van der Waals surface area (Å²) in [6.45, 7) is 2.60. The predicted octanol–water partition coefficient (Wildman–Crippen LogP) is 2.68. The van der Waals surface area contributed by atoms with E-state index in [9.17, 15) is 18.0 Å². The van der Waals surface area contributed by atoms with E-state index in [2.05, 4.69) is 10.6 Å². The number of aryl methyl sites for hydroxylation is 1. The Morgan fingerprint density at radius 3 is 2.40 bits per heavy atom. The molecule has 0 unspecified atom stereocenters. The summed E-state index contributed by atoms with van der Waals surface area (Å²) in [4.78, 5) is 24.4. The standard InChI is InChI=1S/C22H27N3O4S/c1-17-10-12-20(13-11-17)30(28,29)25-16-6-5-9-19(25)14-15-23-21(26)22(27)24-18-7-3-2-4-8-18/h2-4,7-8,10-13,19H,5-6,9,14-16H2,1H3,(H,23,26)(H,24,27)/t19-/m0/s1. The topological polar surface area (TPSA) is 95.6 Å². The Morgan fingerprint density at radius 1 is 1.00 bits per heavy atom. The van der Waals surface area contributed by atoms with Crippen molar-refractivity contribution in [1.82, 2.24) is 9.62 Å². The van der Waals surface area contributed by atoms with Gasteiger partial charge < -0.3 is 10.6 Å². The van der Waals surface area contributed by atoms with Crippen LogP contribution in [-0.2, 0) is 19.6 Å². The zero-order chi connectivity index (χ0) is 21.6. The van der Waals surface area contributed by atoms with Gasteiger partial charge in [-0.3, -0.25) is 9.59 Å². The Balaban J connectivity index is 1.57. The Morgan fingerprint density at radius 2 is 1.70 bits per heavy atom. The van der Waals surface area contributed by atoms with E-state index in [1.165, 1.54) is 4.31 Å². The molecule has 2 aromatic carbocycles. The van der Waals surface area contributed by atoms with Crippen molar-refractivity contribution in [1.29, 1.82) is 0 Å². The largest absolute Gasteiger partial charge is 0.348 e. The van der Waals surface area contributed by atoms with Gasteiger partial charge in [0.15, 0.2) is 0 Å². The van der Waals surface area contributed by atoms with Gasteiger partial charge in [-0.25, -0.2) is 8.42 Å². The number of piperidine rings is 1. The predicted molar refractivity (Wildman–Crippen MR) is 115 cm³/mol. The van der Waals surface area contributed by atoms with E-state index in [1.54, 1.807) is 48.5 Å². The Hall–Kier alpha value is -2.71. The van der Waals surface area contributed by atoms with Gasteiger partial charge in [-0.1, -0.05) is 42.3 Å². The van der Waals surface area contributed by atoms with Gasteiger partial charge in [0.2, 0.25) is 10.0 Å². The second-order valence-electron chi connectivity index (χ2n) is 7.44. The van der Waals surface area contributed by atoms with E-state index in [1.807, 2.05) is 13.0 Å². The van der Waals surface area contributed by atoms with Crippen LogP contribution in [0, 0.1) is 6.92 Å². The lowest BCUT2D eigenvalue weighted by molar-refractivity contribution is -0.136. The van der Waals surface area contributed by atoms with E-state index in [0.717, 1.165) is 24.8 Å². The number of carbonyl (C=O) groups excluding carboxylic acids is 2. The third kappa shape index (κ3) is 5.46. The Kier molecular flexibility index (Phi) is 7.23. The lowest BCUT2D eigenvalue weighted by Crippen LogP contribution is -2.45. The van der Waals surface area contributed by atoms with Gasteiger partial charge in [-0.05, 0) is 50.5 Å². The highest BCUT2D eigenvalue weighted by molar-refractivity contribution is 7.89. The van der Waals surface area contributed by atoms with Crippen LogP contribution in [0.5, 0.6) is 0 Å². The second-order valence-corrected chi connectivity index (χ2v) is 9.33. The fourth-order valence-electron chi connectivity index (χ4n) is 3.57. The van der Waals surface area contributed by atoms with Crippen LogP contribution < -0.4 is 10.6 Å². The third-order valence-corrected chi connectivity index (χ3v) is 7.17. The second kappa shape index (κ2) is 9.86. The van der Waals surface area contributed by atoms with Crippen molar-refractivity contribution < 1.29 is 18.0 Å². The average molecular weight is 430 g/mol. The minimum absolute atomic E-state index is 0.206. The van der Waals surface area contributed by atoms with Crippen molar-refractivity contribution in [3.05, 3.63) is 60.2 Å². The number of rotatable bonds is 6. The summed E-state index contributed by atoms with van der Waals surface area (Å²) in [7, 11) is -3.59. The molecule has 2 aromatic rings. The van der Waals surface area contributed by atoms with E-state index < -0.39 is 21.8 Å². The average Bonchev–Trinajstić information content (AvgIpc) is 2.75. The lowest BCUT2D eigenvalue weighted by Gasteiger charge is -2.34. The summed E-state index contributed by atoms with van der Waals surface area (Å²) in [5, 5.41) is 5.13. The molecule has 8 heteroatoms. The highest BCUT2D eigenvalue weighted by Crippen LogP contribution is 2.27. The number of sulfonamides is 1. The normalized spacial score (nSPS) is 17.3. The van der Waals surface area contributed by atoms with Crippen molar-refractivity contribution in [2.24, 2.45) is 0 Å². The van der Waals surface area contributed by atoms with Crippen LogP contribution in [0.4, 0.5) is 5.69 Å². The van der Waals surface area contributed by atoms with Crippen LogP contribution in [0.2, 0.25) is 0 Å². The summed E-state index contributed by atoms with van der Waals surface area (Å²) in [5.41, 5.74) is 1.54. The molecule has 7 nitrogen and oxygen atoms in total. The molecule has 2 amide bonds. The number of para-hydroxylation sites is 1. The van der Waals surface area contributed by atoms with Crippen LogP contribution in [0.25, 0.3) is 0 Å². The number of benzene rings is 2. The molecule has 0 spiro atoms. The number of hydrogen-bond donors (Lipinski definition) is 2. The zero-order valence-corrected chi connectivity index (χ0v) is 17.8. The van der Waals surface area contributed by atoms with Gasteiger partial charge >= 0.3 is 11.8 Å². The van der Waals surface area contributed by atoms with Gasteiger partial charge in [-0.2, -0.15) is 4.31 Å². The summed E-state index contributed by atoms with van der Waals surface area (Å²) in [5.74, 6) is -1.48. The summed E-state index contributed by atoms with van der Waals surface area (Å²) in [6, 6.07) is 15.4. The number of anilines is 1. The fraction of sp³-hybridized carbons (Fsp3) is 0.364. The molecule has 1 aliphatic heterocycles. The molecule has 0 bridgehead atoms. The van der Waals surface area contributed by atoms with Gasteiger partial charge in [0.05, 0.1) is 4.90 Å². The first-order chi connectivity index (χ1) is 14.4. The number of amides is 2. The molecule has 1 heterocycles. The fourth-order valence-corrected chi connectivity index (χ4v) is 5.29. The molecule has 2 N–H and O–H groups in total. The SMILES string of the molecule is Cc1ccc(S(=O)(=O)N2CCCC[C@H]2CCNC(=O)C(=O)Nc2ccccc2)cc1. The number of carbonyl (C=O) groups is 2. The van der Waals surface area contributed by atoms with Gasteiger partial charge in [0.1, 0.15) is 0 Å². The van der Waals surface area contributed by atoms with E-state index in [0.29, 0.717) is 18.7 Å². The minimum atomic E-state index is -3.59. The maximum atomic E-state index is 13.1. The number of nitrogens with one attached hydrogen (secondary N) is 2. The zero-order valence-electron chi connectivity index (χ0n) is 17.0. The van der Waals surface area contributed by atoms with Gasteiger partial charge in [0, 0.05) is 24.8 Å². The molecule has 1 aliphatic rings. The highest BCUT2D eigenvalue weighted by Gasteiger charge is 2.33. The number of hydrogen-bond acceptors (Lipinski definition) is 4. The van der Waals surface area contributed by atoms with Crippen molar-refractivity contribution >= 4 is 27.5 Å². The molecule has 1 saturated heterocycles. The van der Waals surface area contributed by atoms with Crippen molar-refractivity contribution in [3.8, 4) is 0 Å². The van der Waals surface area contributed by atoms with Crippen molar-refractivity contribution in [2.75, 3.05) is 18.4 Å². The van der Waals surface area contributed by atoms with E-state index >= 15 is 0 Å². The maximum Gasteiger partial charge on any atom is 0.313 e. The molecule has 0 aliphatic carbocycles. The Labute approximate surface area is 177 Å². The lowest BCUT2D eigenvalue weighted by atomic mass is 10.0. The van der Waals surface area contributed by atoms with E-state index in [4.69, 9.17) is 0 Å². The van der Waals surface area contributed by atoms with Crippen molar-refractivity contribution in [2.45, 2.75) is 43.5 Å². The van der Waals surface area contributed by atoms with Crippen LogP contribution in [0.3, 0.4) is 0 Å². The molecule has 1 atom stereocenters.